The smallest absolute Gasteiger partial charge is 0.254 e. The van der Waals surface area contributed by atoms with Gasteiger partial charge in [0.25, 0.3) is 5.91 Å². The number of halogens is 1. The maximum Gasteiger partial charge on any atom is 0.254 e. The first-order valence-corrected chi connectivity index (χ1v) is 10.8. The summed E-state index contributed by atoms with van der Waals surface area (Å²) in [6.07, 6.45) is 0. The number of rotatable bonds is 3. The average Bonchev–Trinajstić information content (AvgIpc) is 3.18. The molecule has 2 aliphatic rings. The van der Waals surface area contributed by atoms with Crippen molar-refractivity contribution in [2.45, 2.75) is 11.8 Å². The van der Waals surface area contributed by atoms with Crippen LogP contribution < -0.4 is 9.47 Å². The summed E-state index contributed by atoms with van der Waals surface area (Å²) < 4.78 is 37.6. The Kier molecular flexibility index (Phi) is 5.05. The number of benzene rings is 2. The van der Waals surface area contributed by atoms with E-state index in [1.807, 2.05) is 0 Å². The first kappa shape index (κ1) is 19.8. The molecule has 10 heteroatoms. The van der Waals surface area contributed by atoms with Crippen molar-refractivity contribution in [2.75, 3.05) is 33.0 Å². The zero-order valence-corrected chi connectivity index (χ0v) is 17.2. The quantitative estimate of drug-likeness (QED) is 0.789. The van der Waals surface area contributed by atoms with Crippen LogP contribution in [-0.2, 0) is 10.0 Å². The largest absolute Gasteiger partial charge is 0.507 e. The second-order valence-corrected chi connectivity index (χ2v) is 9.17. The van der Waals surface area contributed by atoms with E-state index >= 15 is 0 Å². The molecular weight excluding hydrogens is 420 g/mol. The molecule has 1 N–H and O–H groups in total. The van der Waals surface area contributed by atoms with E-state index in [0.717, 1.165) is 5.56 Å². The lowest BCUT2D eigenvalue weighted by atomic mass is 10.1. The van der Waals surface area contributed by atoms with Gasteiger partial charge in [0.2, 0.25) is 16.8 Å². The predicted molar refractivity (Wildman–Crippen MR) is 105 cm³/mol. The molecule has 0 aliphatic carbocycles. The SMILES string of the molecule is Cc1ccc(O)c(S(=O)(=O)N2CCN(C(=O)c3cc(Cl)c4c(c3)OCO4)CC2)c1. The van der Waals surface area contributed by atoms with E-state index in [1.165, 1.54) is 22.5 Å². The van der Waals surface area contributed by atoms with Gasteiger partial charge in [0.15, 0.2) is 11.5 Å². The van der Waals surface area contributed by atoms with E-state index in [0.29, 0.717) is 22.1 Å². The molecule has 1 fully saturated rings. The molecule has 0 saturated carbocycles. The minimum atomic E-state index is -3.86. The molecule has 2 aromatic rings. The normalized spacial score (nSPS) is 16.8. The Balaban J connectivity index is 1.49. The number of aryl methyl sites for hydroxylation is 1. The Morgan fingerprint density at radius 2 is 1.83 bits per heavy atom. The van der Waals surface area contributed by atoms with Crippen molar-refractivity contribution in [3.8, 4) is 17.2 Å². The van der Waals surface area contributed by atoms with Crippen molar-refractivity contribution in [1.82, 2.24) is 9.21 Å². The molecule has 2 aromatic carbocycles. The number of sulfonamides is 1. The lowest BCUT2D eigenvalue weighted by Crippen LogP contribution is -2.50. The fourth-order valence-corrected chi connectivity index (χ4v) is 5.23. The molecule has 29 heavy (non-hydrogen) atoms. The van der Waals surface area contributed by atoms with Crippen LogP contribution in [0.4, 0.5) is 0 Å². The van der Waals surface area contributed by atoms with Gasteiger partial charge >= 0.3 is 0 Å². The molecule has 8 nitrogen and oxygen atoms in total. The van der Waals surface area contributed by atoms with Gasteiger partial charge in [-0.05, 0) is 36.8 Å². The van der Waals surface area contributed by atoms with Gasteiger partial charge < -0.3 is 19.5 Å². The van der Waals surface area contributed by atoms with E-state index in [1.54, 1.807) is 24.0 Å². The van der Waals surface area contributed by atoms with Crippen molar-refractivity contribution in [1.29, 1.82) is 0 Å². The molecule has 0 spiro atoms. The fourth-order valence-electron chi connectivity index (χ4n) is 3.37. The average molecular weight is 439 g/mol. The van der Waals surface area contributed by atoms with Gasteiger partial charge in [-0.1, -0.05) is 17.7 Å². The lowest BCUT2D eigenvalue weighted by molar-refractivity contribution is 0.0697. The van der Waals surface area contributed by atoms with Crippen molar-refractivity contribution < 1.29 is 27.8 Å². The molecule has 0 unspecified atom stereocenters. The molecule has 0 aromatic heterocycles. The second-order valence-electron chi connectivity index (χ2n) is 6.86. The number of ether oxygens (including phenoxy) is 2. The highest BCUT2D eigenvalue weighted by molar-refractivity contribution is 7.89. The molecular formula is C19H19ClN2O6S. The third-order valence-corrected chi connectivity index (χ3v) is 7.14. The molecule has 0 bridgehead atoms. The summed E-state index contributed by atoms with van der Waals surface area (Å²) >= 11 is 6.15. The molecule has 4 rings (SSSR count). The monoisotopic (exact) mass is 438 g/mol. The van der Waals surface area contributed by atoms with Crippen LogP contribution in [-0.4, -0.2) is 61.6 Å². The zero-order valence-electron chi connectivity index (χ0n) is 15.6. The van der Waals surface area contributed by atoms with Crippen LogP contribution in [0, 0.1) is 6.92 Å². The summed E-state index contributed by atoms with van der Waals surface area (Å²) in [6.45, 7) is 2.49. The third kappa shape index (κ3) is 3.61. The van der Waals surface area contributed by atoms with Gasteiger partial charge in [0.1, 0.15) is 10.6 Å². The maximum absolute atomic E-state index is 12.9. The van der Waals surface area contributed by atoms with Gasteiger partial charge in [-0.3, -0.25) is 4.79 Å². The number of amides is 1. The van der Waals surface area contributed by atoms with Crippen molar-refractivity contribution >= 4 is 27.5 Å². The molecule has 0 atom stereocenters. The molecule has 0 radical (unpaired) electrons. The Bertz CT molecular complexity index is 1080. The minimum Gasteiger partial charge on any atom is -0.507 e. The van der Waals surface area contributed by atoms with Crippen LogP contribution in [0.1, 0.15) is 15.9 Å². The zero-order chi connectivity index (χ0) is 20.8. The second kappa shape index (κ2) is 7.40. The number of hydrogen-bond donors (Lipinski definition) is 1. The van der Waals surface area contributed by atoms with Gasteiger partial charge in [-0.15, -0.1) is 0 Å². The highest BCUT2D eigenvalue weighted by atomic mass is 35.5. The first-order valence-electron chi connectivity index (χ1n) is 8.95. The van der Waals surface area contributed by atoms with E-state index in [2.05, 4.69) is 0 Å². The van der Waals surface area contributed by atoms with Crippen molar-refractivity contribution in [3.63, 3.8) is 0 Å². The summed E-state index contributed by atoms with van der Waals surface area (Å²) in [5, 5.41) is 10.3. The summed E-state index contributed by atoms with van der Waals surface area (Å²) in [5.74, 6) is 0.277. The summed E-state index contributed by atoms with van der Waals surface area (Å²) in [5.41, 5.74) is 1.08. The molecule has 1 amide bonds. The topological polar surface area (TPSA) is 96.4 Å². The summed E-state index contributed by atoms with van der Waals surface area (Å²) in [7, 11) is -3.86. The highest BCUT2D eigenvalue weighted by Crippen LogP contribution is 2.40. The number of fused-ring (bicyclic) bond motifs is 1. The molecule has 2 heterocycles. The van der Waals surface area contributed by atoms with Crippen LogP contribution >= 0.6 is 11.6 Å². The number of aromatic hydroxyl groups is 1. The van der Waals surface area contributed by atoms with Crippen molar-refractivity contribution in [2.24, 2.45) is 0 Å². The number of piperazine rings is 1. The van der Waals surface area contributed by atoms with E-state index in [4.69, 9.17) is 21.1 Å². The molecule has 154 valence electrons. The maximum atomic E-state index is 12.9. The molecule has 2 aliphatic heterocycles. The molecule has 1 saturated heterocycles. The van der Waals surface area contributed by atoms with Crippen LogP contribution in [0.25, 0.3) is 0 Å². The summed E-state index contributed by atoms with van der Waals surface area (Å²) in [4.78, 5) is 14.3. The lowest BCUT2D eigenvalue weighted by Gasteiger charge is -2.34. The van der Waals surface area contributed by atoms with E-state index in [-0.39, 0.29) is 49.5 Å². The first-order chi connectivity index (χ1) is 13.8. The Hall–Kier alpha value is -2.49. The standard InChI is InChI=1S/C19H19ClN2O6S/c1-12-2-3-15(23)17(8-12)29(25,26)22-6-4-21(5-7-22)19(24)13-9-14(20)18-16(10-13)27-11-28-18/h2-3,8-10,23H,4-7,11H2,1H3. The van der Waals surface area contributed by atoms with Gasteiger partial charge in [-0.25, -0.2) is 8.42 Å². The van der Waals surface area contributed by atoms with Gasteiger partial charge in [0, 0.05) is 31.7 Å². The van der Waals surface area contributed by atoms with Crippen LogP contribution in [0.15, 0.2) is 35.2 Å². The Labute approximate surface area is 173 Å². The van der Waals surface area contributed by atoms with E-state index in [9.17, 15) is 18.3 Å². The van der Waals surface area contributed by atoms with Gasteiger partial charge in [-0.2, -0.15) is 4.31 Å². The van der Waals surface area contributed by atoms with Gasteiger partial charge in [0.05, 0.1) is 5.02 Å². The van der Waals surface area contributed by atoms with Crippen LogP contribution in [0.5, 0.6) is 17.2 Å². The number of hydrogen-bond acceptors (Lipinski definition) is 6. The number of phenolic OH excluding ortho intramolecular Hbond substituents is 1. The predicted octanol–water partition coefficient (Wildman–Crippen LogP) is 2.23. The number of nitrogens with zero attached hydrogens (tertiary/aromatic N) is 2. The third-order valence-electron chi connectivity index (χ3n) is 4.93. The van der Waals surface area contributed by atoms with Crippen LogP contribution in [0.3, 0.4) is 0 Å². The number of phenols is 1. The fraction of sp³-hybridized carbons (Fsp3) is 0.316. The number of carbonyl (C=O) groups is 1. The van der Waals surface area contributed by atoms with Crippen LogP contribution in [0.2, 0.25) is 5.02 Å². The highest BCUT2D eigenvalue weighted by Gasteiger charge is 2.32. The van der Waals surface area contributed by atoms with E-state index < -0.39 is 10.0 Å². The Morgan fingerprint density at radius 3 is 2.55 bits per heavy atom. The minimum absolute atomic E-state index is 0.0506. The number of carbonyl (C=O) groups excluding carboxylic acids is 1. The summed E-state index contributed by atoms with van der Waals surface area (Å²) in [6, 6.07) is 7.54. The Morgan fingerprint density at radius 1 is 1.10 bits per heavy atom. The van der Waals surface area contributed by atoms with Crippen molar-refractivity contribution in [3.05, 3.63) is 46.5 Å².